The van der Waals surface area contributed by atoms with Gasteiger partial charge in [-0.25, -0.2) is 4.98 Å². The Morgan fingerprint density at radius 2 is 1.94 bits per heavy atom. The molecule has 0 saturated heterocycles. The highest BCUT2D eigenvalue weighted by Gasteiger charge is 2.07. The molecule has 0 amide bonds. The molecule has 2 nitrogen and oxygen atoms in total. The van der Waals surface area contributed by atoms with Gasteiger partial charge in [-0.2, -0.15) is 0 Å². The number of benzene rings is 1. The third-order valence-corrected chi connectivity index (χ3v) is 3.60. The first-order chi connectivity index (χ1) is 8.27. The van der Waals surface area contributed by atoms with Crippen molar-refractivity contribution in [3.8, 4) is 0 Å². The first-order valence-corrected chi connectivity index (χ1v) is 6.63. The van der Waals surface area contributed by atoms with E-state index < -0.39 is 0 Å². The molecule has 0 fully saturated rings. The number of rotatable bonds is 4. The number of pyridine rings is 1. The van der Waals surface area contributed by atoms with E-state index in [1.165, 1.54) is 5.56 Å². The number of aromatic nitrogens is 1. The van der Waals surface area contributed by atoms with E-state index in [1.807, 2.05) is 31.3 Å². The molecule has 1 unspecified atom stereocenters. The van der Waals surface area contributed by atoms with Gasteiger partial charge in [0.25, 0.3) is 0 Å². The fourth-order valence-corrected chi connectivity index (χ4v) is 2.65. The van der Waals surface area contributed by atoms with Crippen LogP contribution in [0, 0.1) is 0 Å². The molecule has 0 aliphatic carbocycles. The highest BCUT2D eigenvalue weighted by atomic mass is 32.2. The fraction of sp³-hybridized carbons (Fsp3) is 0.214. The van der Waals surface area contributed by atoms with Crippen LogP contribution in [0.1, 0.15) is 24.1 Å². The van der Waals surface area contributed by atoms with Crippen LogP contribution in [0.5, 0.6) is 0 Å². The van der Waals surface area contributed by atoms with Crippen molar-refractivity contribution >= 4 is 11.8 Å². The van der Waals surface area contributed by atoms with E-state index in [0.717, 1.165) is 16.3 Å². The Morgan fingerprint density at radius 1 is 1.18 bits per heavy atom. The summed E-state index contributed by atoms with van der Waals surface area (Å²) in [5.41, 5.74) is 8.35. The molecule has 0 aliphatic rings. The zero-order valence-corrected chi connectivity index (χ0v) is 10.7. The Morgan fingerprint density at radius 3 is 2.65 bits per heavy atom. The topological polar surface area (TPSA) is 38.9 Å². The van der Waals surface area contributed by atoms with Crippen LogP contribution in [0.3, 0.4) is 0 Å². The quantitative estimate of drug-likeness (QED) is 0.838. The van der Waals surface area contributed by atoms with E-state index in [1.54, 1.807) is 11.8 Å². The van der Waals surface area contributed by atoms with Gasteiger partial charge in [-0.1, -0.05) is 36.4 Å². The molecule has 1 aromatic carbocycles. The van der Waals surface area contributed by atoms with Crippen LogP contribution in [0.4, 0.5) is 0 Å². The van der Waals surface area contributed by atoms with Gasteiger partial charge in [0, 0.05) is 23.6 Å². The maximum absolute atomic E-state index is 5.93. The standard InChI is InChI=1S/C14H16N2S/c1-11(15)13-8-5-9-16-14(13)17-10-12-6-3-2-4-7-12/h2-9,11H,10,15H2,1H3. The molecule has 2 aromatic rings. The number of nitrogens with zero attached hydrogens (tertiary/aromatic N) is 1. The zero-order valence-electron chi connectivity index (χ0n) is 9.84. The monoisotopic (exact) mass is 244 g/mol. The molecule has 1 atom stereocenters. The number of hydrogen-bond donors (Lipinski definition) is 1. The van der Waals surface area contributed by atoms with Gasteiger partial charge in [0.1, 0.15) is 5.03 Å². The minimum absolute atomic E-state index is 0.0296. The van der Waals surface area contributed by atoms with Gasteiger partial charge < -0.3 is 5.73 Å². The van der Waals surface area contributed by atoms with Crippen molar-refractivity contribution in [2.24, 2.45) is 5.73 Å². The lowest BCUT2D eigenvalue weighted by Crippen LogP contribution is -2.07. The highest BCUT2D eigenvalue weighted by molar-refractivity contribution is 7.98. The average Bonchev–Trinajstić information content (AvgIpc) is 2.38. The van der Waals surface area contributed by atoms with Crippen LogP contribution in [0.25, 0.3) is 0 Å². The van der Waals surface area contributed by atoms with Gasteiger partial charge >= 0.3 is 0 Å². The fourth-order valence-electron chi connectivity index (χ4n) is 1.60. The van der Waals surface area contributed by atoms with Crippen LogP contribution < -0.4 is 5.73 Å². The van der Waals surface area contributed by atoms with Gasteiger partial charge in [0.05, 0.1) is 0 Å². The van der Waals surface area contributed by atoms with E-state index in [-0.39, 0.29) is 6.04 Å². The van der Waals surface area contributed by atoms with Crippen LogP contribution in [-0.4, -0.2) is 4.98 Å². The van der Waals surface area contributed by atoms with E-state index in [4.69, 9.17) is 5.73 Å². The summed E-state index contributed by atoms with van der Waals surface area (Å²) >= 11 is 1.74. The molecule has 1 aromatic heterocycles. The first kappa shape index (κ1) is 12.1. The van der Waals surface area contributed by atoms with Gasteiger partial charge in [-0.05, 0) is 18.6 Å². The van der Waals surface area contributed by atoms with Crippen LogP contribution in [0.2, 0.25) is 0 Å². The van der Waals surface area contributed by atoms with Gasteiger partial charge in [0.15, 0.2) is 0 Å². The molecule has 1 heterocycles. The molecule has 0 radical (unpaired) electrons. The van der Waals surface area contributed by atoms with E-state index >= 15 is 0 Å². The lowest BCUT2D eigenvalue weighted by Gasteiger charge is -2.10. The molecular formula is C14H16N2S. The van der Waals surface area contributed by atoms with Crippen LogP contribution in [-0.2, 0) is 5.75 Å². The van der Waals surface area contributed by atoms with E-state index in [9.17, 15) is 0 Å². The Balaban J connectivity index is 2.09. The SMILES string of the molecule is CC(N)c1cccnc1SCc1ccccc1. The summed E-state index contributed by atoms with van der Waals surface area (Å²) in [5, 5.41) is 1.03. The summed E-state index contributed by atoms with van der Waals surface area (Å²) in [5.74, 6) is 0.928. The number of thioether (sulfide) groups is 1. The molecular weight excluding hydrogens is 228 g/mol. The van der Waals surface area contributed by atoms with E-state index in [2.05, 4.69) is 29.2 Å². The number of nitrogens with two attached hydrogens (primary N) is 1. The molecule has 0 saturated carbocycles. The normalized spacial score (nSPS) is 12.4. The van der Waals surface area contributed by atoms with Crippen molar-refractivity contribution in [1.29, 1.82) is 0 Å². The minimum Gasteiger partial charge on any atom is -0.324 e. The molecule has 0 spiro atoms. The lowest BCUT2D eigenvalue weighted by molar-refractivity contribution is 0.779. The number of hydrogen-bond acceptors (Lipinski definition) is 3. The van der Waals surface area contributed by atoms with Crippen LogP contribution >= 0.6 is 11.8 Å². The molecule has 0 aliphatic heterocycles. The predicted molar refractivity (Wildman–Crippen MR) is 72.8 cm³/mol. The third kappa shape index (κ3) is 3.32. The Hall–Kier alpha value is -1.32. The zero-order chi connectivity index (χ0) is 12.1. The van der Waals surface area contributed by atoms with Crippen molar-refractivity contribution in [2.45, 2.75) is 23.7 Å². The second-order valence-corrected chi connectivity index (χ2v) is 4.92. The predicted octanol–water partition coefficient (Wildman–Crippen LogP) is 3.39. The van der Waals surface area contributed by atoms with Crippen LogP contribution in [0.15, 0.2) is 53.7 Å². The van der Waals surface area contributed by atoms with Gasteiger partial charge in [-0.3, -0.25) is 0 Å². The largest absolute Gasteiger partial charge is 0.324 e. The maximum Gasteiger partial charge on any atom is 0.101 e. The highest BCUT2D eigenvalue weighted by Crippen LogP contribution is 2.26. The Kier molecular flexibility index (Phi) is 4.18. The van der Waals surface area contributed by atoms with Crippen molar-refractivity contribution in [3.05, 3.63) is 59.8 Å². The van der Waals surface area contributed by atoms with Gasteiger partial charge in [0.2, 0.25) is 0 Å². The summed E-state index contributed by atoms with van der Waals surface area (Å²) in [7, 11) is 0. The maximum atomic E-state index is 5.93. The molecule has 0 bridgehead atoms. The Bertz CT molecular complexity index is 469. The van der Waals surface area contributed by atoms with Crippen molar-refractivity contribution in [3.63, 3.8) is 0 Å². The second-order valence-electron chi connectivity index (χ2n) is 3.96. The molecule has 3 heteroatoms. The first-order valence-electron chi connectivity index (χ1n) is 5.64. The van der Waals surface area contributed by atoms with Crippen molar-refractivity contribution in [1.82, 2.24) is 4.98 Å². The summed E-state index contributed by atoms with van der Waals surface area (Å²) < 4.78 is 0. The van der Waals surface area contributed by atoms with E-state index in [0.29, 0.717) is 0 Å². The third-order valence-electron chi connectivity index (χ3n) is 2.51. The molecule has 2 N–H and O–H groups in total. The van der Waals surface area contributed by atoms with Gasteiger partial charge in [-0.15, -0.1) is 11.8 Å². The summed E-state index contributed by atoms with van der Waals surface area (Å²) in [6.07, 6.45) is 1.82. The summed E-state index contributed by atoms with van der Waals surface area (Å²) in [6.45, 7) is 1.99. The molecule has 17 heavy (non-hydrogen) atoms. The summed E-state index contributed by atoms with van der Waals surface area (Å²) in [4.78, 5) is 4.40. The minimum atomic E-state index is 0.0296. The molecule has 2 rings (SSSR count). The van der Waals surface area contributed by atoms with Crippen molar-refractivity contribution < 1.29 is 0 Å². The Labute approximate surface area is 106 Å². The lowest BCUT2D eigenvalue weighted by atomic mass is 10.2. The second kappa shape index (κ2) is 5.84. The van der Waals surface area contributed by atoms with Crippen molar-refractivity contribution in [2.75, 3.05) is 0 Å². The summed E-state index contributed by atoms with van der Waals surface area (Å²) in [6, 6.07) is 14.4. The average molecular weight is 244 g/mol. The smallest absolute Gasteiger partial charge is 0.101 e. The molecule has 88 valence electrons.